The van der Waals surface area contributed by atoms with Crippen molar-refractivity contribution in [2.24, 2.45) is 4.99 Å². The predicted molar refractivity (Wildman–Crippen MR) is 111 cm³/mol. The molecule has 0 aliphatic carbocycles. The minimum Gasteiger partial charge on any atom is -0.439 e. The first-order valence-electron chi connectivity index (χ1n) is 9.44. The van der Waals surface area contributed by atoms with Crippen LogP contribution in [0.3, 0.4) is 0 Å². The number of aryl methyl sites for hydroxylation is 2. The highest BCUT2D eigenvalue weighted by Crippen LogP contribution is 2.37. The fraction of sp³-hybridized carbons (Fsp3) is 0.273. The van der Waals surface area contributed by atoms with E-state index in [0.717, 1.165) is 12.6 Å². The van der Waals surface area contributed by atoms with E-state index in [-0.39, 0.29) is 17.3 Å². The van der Waals surface area contributed by atoms with Gasteiger partial charge in [-0.2, -0.15) is 13.2 Å². The summed E-state index contributed by atoms with van der Waals surface area (Å²) in [5.74, 6) is 0.312. The quantitative estimate of drug-likeness (QED) is 0.370. The Morgan fingerprint density at radius 1 is 1.17 bits per heavy atom. The van der Waals surface area contributed by atoms with Crippen molar-refractivity contribution in [3.8, 4) is 17.3 Å². The molecule has 0 fully saturated rings. The molecule has 0 atom stereocenters. The summed E-state index contributed by atoms with van der Waals surface area (Å²) in [4.78, 5) is 10.7. The minimum absolute atomic E-state index is 0.0328. The maximum atomic E-state index is 13.6. The molecule has 2 aromatic heterocycles. The normalized spacial score (nSPS) is 11.8. The van der Waals surface area contributed by atoms with Crippen LogP contribution in [-0.2, 0) is 6.18 Å². The molecule has 8 heteroatoms. The Labute approximate surface area is 173 Å². The molecule has 0 aliphatic heterocycles. The molecule has 0 spiro atoms. The van der Waals surface area contributed by atoms with Crippen molar-refractivity contribution in [2.45, 2.75) is 26.9 Å². The molecule has 0 saturated carbocycles. The molecule has 5 nitrogen and oxygen atoms in total. The average Bonchev–Trinajstić information content (AvgIpc) is 3.23. The summed E-state index contributed by atoms with van der Waals surface area (Å²) in [5.41, 5.74) is 1.23. The van der Waals surface area contributed by atoms with Crippen molar-refractivity contribution >= 4 is 12.0 Å². The molecule has 3 rings (SSSR count). The molecule has 0 N–H and O–H groups in total. The zero-order valence-electron chi connectivity index (χ0n) is 17.2. The van der Waals surface area contributed by atoms with E-state index in [0.29, 0.717) is 16.9 Å². The molecule has 0 amide bonds. The monoisotopic (exact) mass is 416 g/mol. The summed E-state index contributed by atoms with van der Waals surface area (Å²) in [7, 11) is 1.91. The Kier molecular flexibility index (Phi) is 6.14. The van der Waals surface area contributed by atoms with Gasteiger partial charge in [-0.25, -0.2) is 9.98 Å². The largest absolute Gasteiger partial charge is 0.439 e. The van der Waals surface area contributed by atoms with Crippen molar-refractivity contribution in [1.82, 2.24) is 14.5 Å². The summed E-state index contributed by atoms with van der Waals surface area (Å²) in [6.07, 6.45) is 0.311. The summed E-state index contributed by atoms with van der Waals surface area (Å²) in [6.45, 7) is 6.39. The summed E-state index contributed by atoms with van der Waals surface area (Å²) in [6, 6.07) is 9.03. The Bertz CT molecular complexity index is 1040. The Morgan fingerprint density at radius 2 is 1.87 bits per heavy atom. The van der Waals surface area contributed by atoms with E-state index in [1.165, 1.54) is 16.7 Å². The second-order valence-electron chi connectivity index (χ2n) is 6.90. The average molecular weight is 416 g/mol. The number of nitrogens with zero attached hydrogens (tertiary/aromatic N) is 4. The van der Waals surface area contributed by atoms with Gasteiger partial charge in [0.15, 0.2) is 0 Å². The second-order valence-corrected chi connectivity index (χ2v) is 6.90. The number of halogens is 3. The van der Waals surface area contributed by atoms with Gasteiger partial charge in [-0.3, -0.25) is 0 Å². The molecule has 0 saturated heterocycles. The molecule has 30 heavy (non-hydrogen) atoms. The van der Waals surface area contributed by atoms with E-state index in [1.54, 1.807) is 50.8 Å². The lowest BCUT2D eigenvalue weighted by molar-refractivity contribution is -0.137. The van der Waals surface area contributed by atoms with E-state index in [1.807, 2.05) is 18.9 Å². The van der Waals surface area contributed by atoms with Crippen LogP contribution in [0.25, 0.3) is 5.69 Å². The number of benzene rings is 1. The van der Waals surface area contributed by atoms with Crippen LogP contribution in [0.5, 0.6) is 11.6 Å². The van der Waals surface area contributed by atoms with Crippen LogP contribution in [0.2, 0.25) is 0 Å². The Morgan fingerprint density at radius 3 is 2.50 bits per heavy atom. The summed E-state index contributed by atoms with van der Waals surface area (Å²) in [5, 5.41) is 0. The zero-order valence-corrected chi connectivity index (χ0v) is 17.2. The number of ether oxygens (including phenoxy) is 1. The van der Waals surface area contributed by atoms with Crippen LogP contribution in [0.15, 0.2) is 53.8 Å². The first-order chi connectivity index (χ1) is 14.2. The number of aromatic nitrogens is 2. The standard InChI is InChI=1S/C22H23F3N4O/c1-5-28(4)14-26-19-12-15(2)21(27-16(19)3)30-17-8-9-20(29-10-6-7-11-29)18(13-17)22(23,24)25/h6-14H,5H2,1-4H3. The molecule has 2 heterocycles. The fourth-order valence-corrected chi connectivity index (χ4v) is 2.78. The van der Waals surface area contributed by atoms with Gasteiger partial charge >= 0.3 is 6.18 Å². The molecular formula is C22H23F3N4O. The Balaban J connectivity index is 1.93. The van der Waals surface area contributed by atoms with Crippen molar-refractivity contribution in [2.75, 3.05) is 13.6 Å². The number of rotatable bonds is 6. The molecule has 0 unspecified atom stereocenters. The van der Waals surface area contributed by atoms with Crippen molar-refractivity contribution in [3.05, 3.63) is 65.6 Å². The van der Waals surface area contributed by atoms with Crippen molar-refractivity contribution in [3.63, 3.8) is 0 Å². The zero-order chi connectivity index (χ0) is 21.9. The highest BCUT2D eigenvalue weighted by Gasteiger charge is 2.34. The van der Waals surface area contributed by atoms with Gasteiger partial charge in [0.1, 0.15) is 5.75 Å². The van der Waals surface area contributed by atoms with E-state index in [9.17, 15) is 13.2 Å². The number of hydrogen-bond acceptors (Lipinski definition) is 3. The third-order valence-corrected chi connectivity index (χ3v) is 4.59. The van der Waals surface area contributed by atoms with Gasteiger partial charge in [0, 0.05) is 31.5 Å². The van der Waals surface area contributed by atoms with Gasteiger partial charge in [0.2, 0.25) is 5.88 Å². The fourth-order valence-electron chi connectivity index (χ4n) is 2.78. The lowest BCUT2D eigenvalue weighted by atomic mass is 10.1. The third-order valence-electron chi connectivity index (χ3n) is 4.59. The number of pyridine rings is 1. The molecule has 0 bridgehead atoms. The minimum atomic E-state index is -4.53. The SMILES string of the molecule is CCN(C)C=Nc1cc(C)c(Oc2ccc(-n3cccc3)c(C(F)(F)F)c2)nc1C. The number of hydrogen-bond donors (Lipinski definition) is 0. The number of aliphatic imine (C=N–C) groups is 1. The van der Waals surface area contributed by atoms with E-state index in [4.69, 9.17) is 4.74 Å². The third kappa shape index (κ3) is 4.82. The molecule has 0 radical (unpaired) electrons. The number of alkyl halides is 3. The summed E-state index contributed by atoms with van der Waals surface area (Å²) >= 11 is 0. The highest BCUT2D eigenvalue weighted by molar-refractivity contribution is 5.63. The Hall–Kier alpha value is -3.29. The maximum Gasteiger partial charge on any atom is 0.418 e. The predicted octanol–water partition coefficient (Wildman–Crippen LogP) is 5.91. The molecule has 158 valence electrons. The first-order valence-corrected chi connectivity index (χ1v) is 9.44. The topological polar surface area (TPSA) is 42.6 Å². The van der Waals surface area contributed by atoms with Gasteiger partial charge in [-0.1, -0.05) is 0 Å². The molecule has 0 aliphatic rings. The molecule has 3 aromatic rings. The van der Waals surface area contributed by atoms with Gasteiger partial charge in [-0.05, 0) is 57.2 Å². The van der Waals surface area contributed by atoms with Crippen LogP contribution in [-0.4, -0.2) is 34.4 Å². The van der Waals surface area contributed by atoms with Crippen LogP contribution >= 0.6 is 0 Å². The van der Waals surface area contributed by atoms with E-state index < -0.39 is 11.7 Å². The van der Waals surface area contributed by atoms with Crippen LogP contribution in [0.4, 0.5) is 18.9 Å². The van der Waals surface area contributed by atoms with Gasteiger partial charge in [-0.15, -0.1) is 0 Å². The van der Waals surface area contributed by atoms with Crippen molar-refractivity contribution < 1.29 is 17.9 Å². The van der Waals surface area contributed by atoms with E-state index >= 15 is 0 Å². The smallest absolute Gasteiger partial charge is 0.418 e. The van der Waals surface area contributed by atoms with Crippen LogP contribution < -0.4 is 4.74 Å². The maximum absolute atomic E-state index is 13.6. The lowest BCUT2D eigenvalue weighted by Crippen LogP contribution is -2.14. The van der Waals surface area contributed by atoms with Gasteiger partial charge < -0.3 is 14.2 Å². The summed E-state index contributed by atoms with van der Waals surface area (Å²) < 4.78 is 48.0. The molecule has 1 aromatic carbocycles. The highest BCUT2D eigenvalue weighted by atomic mass is 19.4. The molecular weight excluding hydrogens is 393 g/mol. The van der Waals surface area contributed by atoms with Crippen LogP contribution in [0.1, 0.15) is 23.7 Å². The van der Waals surface area contributed by atoms with Crippen molar-refractivity contribution in [1.29, 1.82) is 0 Å². The van der Waals surface area contributed by atoms with Gasteiger partial charge in [0.05, 0.1) is 29.0 Å². The first kappa shape index (κ1) is 21.4. The second kappa shape index (κ2) is 8.61. The lowest BCUT2D eigenvalue weighted by Gasteiger charge is -2.16. The van der Waals surface area contributed by atoms with Crippen LogP contribution in [0, 0.1) is 13.8 Å². The van der Waals surface area contributed by atoms with Gasteiger partial charge in [0.25, 0.3) is 0 Å². The van der Waals surface area contributed by atoms with E-state index in [2.05, 4.69) is 9.98 Å².